The first-order valence-corrected chi connectivity index (χ1v) is 7.67. The Morgan fingerprint density at radius 1 is 1.35 bits per heavy atom. The molecule has 2 N–H and O–H groups in total. The highest BCUT2D eigenvalue weighted by Gasteiger charge is 2.57. The molecule has 110 valence electrons. The molecular formula is C17H25NO2. The average molecular weight is 275 g/mol. The number of hydrogen-bond acceptors (Lipinski definition) is 3. The number of hydrogen-bond donors (Lipinski definition) is 2. The number of fused-ring (bicyclic) bond motifs is 1. The van der Waals surface area contributed by atoms with Crippen LogP contribution in [0.4, 0.5) is 5.69 Å². The first-order valence-electron chi connectivity index (χ1n) is 7.67. The van der Waals surface area contributed by atoms with Gasteiger partial charge < -0.3 is 15.2 Å². The maximum atomic E-state index is 9.91. The first kappa shape index (κ1) is 13.9. The fraction of sp³-hybridized carbons (Fsp3) is 0.647. The summed E-state index contributed by atoms with van der Waals surface area (Å²) in [7, 11) is 0. The summed E-state index contributed by atoms with van der Waals surface area (Å²) in [5, 5.41) is 13.6. The first-order chi connectivity index (χ1) is 9.51. The summed E-state index contributed by atoms with van der Waals surface area (Å²) in [6.07, 6.45) is 2.34. The second kappa shape index (κ2) is 5.05. The number of anilines is 1. The van der Waals surface area contributed by atoms with E-state index in [2.05, 4.69) is 25.2 Å². The molecule has 2 fully saturated rings. The summed E-state index contributed by atoms with van der Waals surface area (Å²) in [6, 6.07) is 8.48. The topological polar surface area (TPSA) is 41.5 Å². The predicted molar refractivity (Wildman–Crippen MR) is 80.7 cm³/mol. The molecule has 3 rings (SSSR count). The molecule has 1 aromatic rings. The number of para-hydroxylation sites is 1. The maximum absolute atomic E-state index is 9.91. The Morgan fingerprint density at radius 2 is 2.10 bits per heavy atom. The largest absolute Gasteiger partial charge is 0.389 e. The van der Waals surface area contributed by atoms with Crippen LogP contribution in [0, 0.1) is 11.3 Å². The van der Waals surface area contributed by atoms with Gasteiger partial charge in [-0.2, -0.15) is 0 Å². The van der Waals surface area contributed by atoms with Crippen molar-refractivity contribution in [1.82, 2.24) is 0 Å². The van der Waals surface area contributed by atoms with Crippen molar-refractivity contribution in [3.05, 3.63) is 29.8 Å². The average Bonchev–Trinajstić information content (AvgIpc) is 2.45. The molecule has 3 heteroatoms. The van der Waals surface area contributed by atoms with Crippen molar-refractivity contribution in [2.75, 3.05) is 11.9 Å². The summed E-state index contributed by atoms with van der Waals surface area (Å²) < 4.78 is 5.95. The highest BCUT2D eigenvalue weighted by Crippen LogP contribution is 2.52. The van der Waals surface area contributed by atoms with Crippen LogP contribution in [0.1, 0.15) is 45.3 Å². The molecule has 0 amide bonds. The lowest BCUT2D eigenvalue weighted by molar-refractivity contribution is -0.177. The quantitative estimate of drug-likeness (QED) is 0.889. The molecule has 0 radical (unpaired) electrons. The van der Waals surface area contributed by atoms with Gasteiger partial charge >= 0.3 is 0 Å². The van der Waals surface area contributed by atoms with Crippen LogP contribution in [0.3, 0.4) is 0 Å². The Morgan fingerprint density at radius 3 is 2.85 bits per heavy atom. The van der Waals surface area contributed by atoms with E-state index in [1.54, 1.807) is 0 Å². The van der Waals surface area contributed by atoms with Crippen LogP contribution in [0.2, 0.25) is 0 Å². The van der Waals surface area contributed by atoms with Crippen LogP contribution in [-0.4, -0.2) is 23.9 Å². The Balaban J connectivity index is 1.81. The highest BCUT2D eigenvalue weighted by molar-refractivity contribution is 5.54. The Labute approximate surface area is 121 Å². The predicted octanol–water partition coefficient (Wildman–Crippen LogP) is 3.36. The minimum absolute atomic E-state index is 0.150. The molecule has 1 heterocycles. The van der Waals surface area contributed by atoms with E-state index in [9.17, 15) is 5.11 Å². The van der Waals surface area contributed by atoms with E-state index in [4.69, 9.17) is 4.74 Å². The number of aliphatic hydroxyl groups excluding tert-OH is 1. The third-order valence-corrected chi connectivity index (χ3v) is 5.05. The second-order valence-electron chi connectivity index (χ2n) is 6.80. The molecule has 1 aliphatic heterocycles. The van der Waals surface area contributed by atoms with Gasteiger partial charge in [-0.25, -0.2) is 0 Å². The van der Waals surface area contributed by atoms with Gasteiger partial charge in [0, 0.05) is 35.2 Å². The lowest BCUT2D eigenvalue weighted by atomic mass is 9.55. The van der Waals surface area contributed by atoms with Crippen LogP contribution in [0.5, 0.6) is 0 Å². The number of benzene rings is 1. The molecule has 4 unspecified atom stereocenters. The van der Waals surface area contributed by atoms with E-state index in [0.29, 0.717) is 18.1 Å². The highest BCUT2D eigenvalue weighted by atomic mass is 16.5. The van der Waals surface area contributed by atoms with E-state index < -0.39 is 6.10 Å². The summed E-state index contributed by atoms with van der Waals surface area (Å²) in [6.45, 7) is 7.28. The number of ether oxygens (including phenoxy) is 1. The molecule has 1 aromatic carbocycles. The van der Waals surface area contributed by atoms with E-state index in [-0.39, 0.29) is 5.41 Å². The Bertz CT molecular complexity index is 484. The van der Waals surface area contributed by atoms with Crippen LogP contribution >= 0.6 is 0 Å². The molecular weight excluding hydrogens is 250 g/mol. The lowest BCUT2D eigenvalue weighted by Gasteiger charge is -2.60. The molecule has 4 atom stereocenters. The van der Waals surface area contributed by atoms with Gasteiger partial charge in [0.05, 0.1) is 12.2 Å². The molecule has 0 spiro atoms. The molecule has 2 aliphatic rings. The van der Waals surface area contributed by atoms with E-state index in [0.717, 1.165) is 24.3 Å². The van der Waals surface area contributed by atoms with Crippen molar-refractivity contribution < 1.29 is 9.84 Å². The van der Waals surface area contributed by atoms with Gasteiger partial charge in [-0.1, -0.05) is 32.0 Å². The molecule has 0 aromatic heterocycles. The van der Waals surface area contributed by atoms with Crippen LogP contribution in [0.15, 0.2) is 24.3 Å². The molecule has 1 saturated heterocycles. The Hall–Kier alpha value is -1.06. The van der Waals surface area contributed by atoms with Gasteiger partial charge in [-0.15, -0.1) is 0 Å². The summed E-state index contributed by atoms with van der Waals surface area (Å²) in [4.78, 5) is 0. The molecule has 20 heavy (non-hydrogen) atoms. The van der Waals surface area contributed by atoms with Crippen molar-refractivity contribution >= 4 is 5.69 Å². The van der Waals surface area contributed by atoms with Crippen LogP contribution < -0.4 is 5.32 Å². The smallest absolute Gasteiger partial charge is 0.0781 e. The third kappa shape index (κ3) is 2.13. The molecule has 1 aliphatic carbocycles. The van der Waals surface area contributed by atoms with Crippen molar-refractivity contribution in [2.24, 2.45) is 11.3 Å². The van der Waals surface area contributed by atoms with Gasteiger partial charge in [-0.3, -0.25) is 0 Å². The molecule has 1 saturated carbocycles. The zero-order chi connectivity index (χ0) is 14.3. The maximum Gasteiger partial charge on any atom is 0.0781 e. The van der Waals surface area contributed by atoms with Crippen molar-refractivity contribution in [1.29, 1.82) is 0 Å². The zero-order valence-electron chi connectivity index (χ0n) is 12.6. The summed E-state index contributed by atoms with van der Waals surface area (Å²) in [5.74, 6) is 0.598. The normalized spacial score (nSPS) is 32.9. The van der Waals surface area contributed by atoms with Crippen molar-refractivity contribution in [3.8, 4) is 0 Å². The summed E-state index contributed by atoms with van der Waals surface area (Å²) >= 11 is 0. The third-order valence-electron chi connectivity index (χ3n) is 5.05. The summed E-state index contributed by atoms with van der Waals surface area (Å²) in [5.41, 5.74) is 2.18. The van der Waals surface area contributed by atoms with Crippen LogP contribution in [-0.2, 0) is 4.74 Å². The Kier molecular flexibility index (Phi) is 3.51. The van der Waals surface area contributed by atoms with E-state index >= 15 is 0 Å². The molecule has 0 bridgehead atoms. The number of aliphatic hydroxyl groups is 1. The van der Waals surface area contributed by atoms with Crippen molar-refractivity contribution in [3.63, 3.8) is 0 Å². The van der Waals surface area contributed by atoms with Gasteiger partial charge in [-0.05, 0) is 25.8 Å². The van der Waals surface area contributed by atoms with Crippen LogP contribution in [0.25, 0.3) is 0 Å². The minimum Gasteiger partial charge on any atom is -0.389 e. The lowest BCUT2D eigenvalue weighted by Crippen LogP contribution is -2.67. The minimum atomic E-state index is -0.444. The van der Waals surface area contributed by atoms with Gasteiger partial charge in [0.1, 0.15) is 0 Å². The SMILES string of the molecule is CC(O)c1ccccc1NC1C2CCCOC2C1(C)C. The zero-order valence-corrected chi connectivity index (χ0v) is 12.6. The molecule has 3 nitrogen and oxygen atoms in total. The fourth-order valence-corrected chi connectivity index (χ4v) is 3.98. The number of rotatable bonds is 3. The van der Waals surface area contributed by atoms with E-state index in [1.165, 1.54) is 6.42 Å². The van der Waals surface area contributed by atoms with Gasteiger partial charge in [0.25, 0.3) is 0 Å². The number of nitrogens with one attached hydrogen (secondary N) is 1. The standard InChI is InChI=1S/C17H25NO2/c1-11(19)12-7-4-5-9-14(12)18-15-13-8-6-10-20-16(13)17(15,2)3/h4-5,7,9,11,13,15-16,18-19H,6,8,10H2,1-3H3. The van der Waals surface area contributed by atoms with E-state index in [1.807, 2.05) is 25.1 Å². The second-order valence-corrected chi connectivity index (χ2v) is 6.80. The monoisotopic (exact) mass is 275 g/mol. The van der Waals surface area contributed by atoms with Gasteiger partial charge in [0.15, 0.2) is 0 Å². The van der Waals surface area contributed by atoms with Crippen molar-refractivity contribution in [2.45, 2.75) is 51.9 Å². The fourth-order valence-electron chi connectivity index (χ4n) is 3.98. The van der Waals surface area contributed by atoms with Gasteiger partial charge in [0.2, 0.25) is 0 Å².